The monoisotopic (exact) mass is 494 g/mol. The minimum Gasteiger partial charge on any atom is -0.507 e. The van der Waals surface area contributed by atoms with E-state index in [9.17, 15) is 19.5 Å². The van der Waals surface area contributed by atoms with Crippen LogP contribution in [0.25, 0.3) is 0 Å². The lowest BCUT2D eigenvalue weighted by atomic mass is 9.70. The van der Waals surface area contributed by atoms with E-state index >= 15 is 0 Å². The molecule has 0 spiro atoms. The largest absolute Gasteiger partial charge is 0.507 e. The van der Waals surface area contributed by atoms with Crippen molar-refractivity contribution in [1.82, 2.24) is 0 Å². The van der Waals surface area contributed by atoms with E-state index in [1.807, 2.05) is 13.0 Å². The molecule has 4 aliphatic carbocycles. The Kier molecular flexibility index (Phi) is 7.24. The van der Waals surface area contributed by atoms with Gasteiger partial charge in [-0.05, 0) is 69.1 Å². The highest BCUT2D eigenvalue weighted by Crippen LogP contribution is 2.66. The number of esters is 1. The molecule has 5 atom stereocenters. The Balaban J connectivity index is 1.76. The third-order valence-electron chi connectivity index (χ3n) is 10.1. The molecule has 0 aromatic heterocycles. The predicted molar refractivity (Wildman–Crippen MR) is 140 cm³/mol. The second-order valence-electron chi connectivity index (χ2n) is 12.2. The van der Waals surface area contributed by atoms with Crippen LogP contribution in [0.4, 0.5) is 0 Å². The van der Waals surface area contributed by atoms with E-state index in [0.29, 0.717) is 12.3 Å². The fraction of sp³-hybridized carbons (Fsp3) is 0.645. The molecule has 4 unspecified atom stereocenters. The predicted octanol–water partition coefficient (Wildman–Crippen LogP) is 6.74. The van der Waals surface area contributed by atoms with Gasteiger partial charge >= 0.3 is 5.97 Å². The number of ether oxygens (including phenoxy) is 1. The zero-order chi connectivity index (χ0) is 26.4. The minimum absolute atomic E-state index is 0.0228. The standard InChI is InChI=1S/C31H42O5/c1-7-9-10-11-21-25(29(35)36-23-17-20-14-15-31(23,6)30(20,4)5)27(33)24(28(34)26(21)32)22-16-18(3)12-13-19(22)8-2/h8,16,19-20,22-23,33H,2,7,9-15,17H2,1,3-6H3/t19?,20?,22-,23?,31?/m1/s1. The number of unbranched alkanes of at least 4 members (excludes halogenated alkanes) is 2. The van der Waals surface area contributed by atoms with Crippen LogP contribution in [0.2, 0.25) is 0 Å². The first kappa shape index (κ1) is 26.6. The first-order valence-corrected chi connectivity index (χ1v) is 13.7. The summed E-state index contributed by atoms with van der Waals surface area (Å²) in [5.41, 5.74) is 1.05. The number of carbonyl (C=O) groups is 3. The topological polar surface area (TPSA) is 80.7 Å². The maximum absolute atomic E-state index is 13.8. The zero-order valence-electron chi connectivity index (χ0n) is 22.6. The molecule has 2 saturated carbocycles. The van der Waals surface area contributed by atoms with Crippen molar-refractivity contribution in [1.29, 1.82) is 0 Å². The van der Waals surface area contributed by atoms with Crippen LogP contribution in [-0.2, 0) is 19.1 Å². The Morgan fingerprint density at radius 1 is 1.19 bits per heavy atom. The summed E-state index contributed by atoms with van der Waals surface area (Å²) < 4.78 is 6.13. The van der Waals surface area contributed by atoms with Crippen molar-refractivity contribution in [3.05, 3.63) is 46.8 Å². The van der Waals surface area contributed by atoms with Crippen LogP contribution in [0, 0.1) is 28.6 Å². The summed E-state index contributed by atoms with van der Waals surface area (Å²) in [6.07, 6.45) is 10.7. The average molecular weight is 495 g/mol. The number of carbonyl (C=O) groups excluding carboxylic acids is 3. The van der Waals surface area contributed by atoms with E-state index in [4.69, 9.17) is 4.74 Å². The van der Waals surface area contributed by atoms with E-state index in [1.54, 1.807) is 6.08 Å². The second-order valence-corrected chi connectivity index (χ2v) is 12.2. The lowest BCUT2D eigenvalue weighted by Gasteiger charge is -2.38. The smallest absolute Gasteiger partial charge is 0.342 e. The number of allylic oxidation sites excluding steroid dienone is 5. The molecule has 4 rings (SSSR count). The van der Waals surface area contributed by atoms with E-state index in [0.717, 1.165) is 50.5 Å². The summed E-state index contributed by atoms with van der Waals surface area (Å²) in [7, 11) is 0. The summed E-state index contributed by atoms with van der Waals surface area (Å²) in [6, 6.07) is 0. The third kappa shape index (κ3) is 4.13. The third-order valence-corrected chi connectivity index (χ3v) is 10.1. The van der Waals surface area contributed by atoms with Gasteiger partial charge in [0.25, 0.3) is 0 Å². The summed E-state index contributed by atoms with van der Waals surface area (Å²) in [5.74, 6) is -2.50. The SMILES string of the molecule is C=CC1CCC(C)=C[C@H]1C1=C(O)C(C(=O)OC2CC3CCC2(C)C3(C)C)=C(CCCCC)C(=O)C1=O. The Morgan fingerprint density at radius 2 is 1.92 bits per heavy atom. The number of fused-ring (bicyclic) bond motifs is 2. The summed E-state index contributed by atoms with van der Waals surface area (Å²) >= 11 is 0. The maximum Gasteiger partial charge on any atom is 0.342 e. The summed E-state index contributed by atoms with van der Waals surface area (Å²) in [4.78, 5) is 40.6. The van der Waals surface area contributed by atoms with Crippen LogP contribution in [-0.4, -0.2) is 28.7 Å². The molecule has 0 heterocycles. The van der Waals surface area contributed by atoms with Crippen molar-refractivity contribution < 1.29 is 24.2 Å². The van der Waals surface area contributed by atoms with Crippen molar-refractivity contribution in [2.75, 3.05) is 0 Å². The van der Waals surface area contributed by atoms with Gasteiger partial charge in [-0.15, -0.1) is 6.58 Å². The highest BCUT2D eigenvalue weighted by atomic mass is 16.5. The molecule has 4 aliphatic rings. The molecule has 0 aromatic carbocycles. The van der Waals surface area contributed by atoms with Crippen LogP contribution in [0.15, 0.2) is 46.8 Å². The molecule has 0 aliphatic heterocycles. The molecule has 196 valence electrons. The van der Waals surface area contributed by atoms with Gasteiger partial charge in [-0.25, -0.2) is 4.79 Å². The quantitative estimate of drug-likeness (QED) is 0.133. The van der Waals surface area contributed by atoms with Gasteiger partial charge in [-0.3, -0.25) is 9.59 Å². The Morgan fingerprint density at radius 3 is 2.50 bits per heavy atom. The van der Waals surface area contributed by atoms with Gasteiger partial charge in [0, 0.05) is 16.9 Å². The number of hydrogen-bond donors (Lipinski definition) is 1. The molecule has 5 heteroatoms. The van der Waals surface area contributed by atoms with Crippen molar-refractivity contribution in [3.8, 4) is 0 Å². The van der Waals surface area contributed by atoms with Crippen LogP contribution in [0.1, 0.15) is 92.4 Å². The molecule has 0 radical (unpaired) electrons. The Bertz CT molecular complexity index is 1070. The number of rotatable bonds is 8. The molecule has 1 N–H and O–H groups in total. The van der Waals surface area contributed by atoms with Crippen LogP contribution in [0.3, 0.4) is 0 Å². The molecule has 36 heavy (non-hydrogen) atoms. The Hall–Kier alpha value is -2.43. The number of hydrogen-bond acceptors (Lipinski definition) is 5. The van der Waals surface area contributed by atoms with E-state index in [2.05, 4.69) is 34.3 Å². The highest BCUT2D eigenvalue weighted by molar-refractivity contribution is 6.51. The van der Waals surface area contributed by atoms with Gasteiger partial charge in [-0.2, -0.15) is 0 Å². The van der Waals surface area contributed by atoms with Gasteiger partial charge < -0.3 is 9.84 Å². The highest BCUT2D eigenvalue weighted by Gasteiger charge is 2.63. The first-order valence-electron chi connectivity index (χ1n) is 13.7. The van der Waals surface area contributed by atoms with Gasteiger partial charge in [0.05, 0.1) is 5.57 Å². The van der Waals surface area contributed by atoms with Gasteiger partial charge in [-0.1, -0.05) is 58.3 Å². The average Bonchev–Trinajstić information content (AvgIpc) is 3.16. The number of Topliss-reactive ketones (excluding diaryl/α,β-unsaturated/α-hetero) is 2. The molecule has 5 nitrogen and oxygen atoms in total. The van der Waals surface area contributed by atoms with Crippen LogP contribution in [0.5, 0.6) is 0 Å². The van der Waals surface area contributed by atoms with Gasteiger partial charge in [0.15, 0.2) is 0 Å². The van der Waals surface area contributed by atoms with Crippen LogP contribution >= 0.6 is 0 Å². The lowest BCUT2D eigenvalue weighted by Crippen LogP contribution is -2.40. The molecular weight excluding hydrogens is 452 g/mol. The molecule has 0 saturated heterocycles. The fourth-order valence-electron chi connectivity index (χ4n) is 7.22. The number of ketones is 2. The van der Waals surface area contributed by atoms with Crippen LogP contribution < -0.4 is 0 Å². The maximum atomic E-state index is 13.8. The van der Waals surface area contributed by atoms with Crippen molar-refractivity contribution in [2.45, 2.75) is 98.5 Å². The lowest BCUT2D eigenvalue weighted by molar-refractivity contribution is -0.152. The first-order chi connectivity index (χ1) is 17.0. The van der Waals surface area contributed by atoms with E-state index in [-0.39, 0.29) is 51.8 Å². The van der Waals surface area contributed by atoms with Gasteiger partial charge in [0.1, 0.15) is 17.4 Å². The summed E-state index contributed by atoms with van der Waals surface area (Å²) in [5, 5.41) is 11.5. The molecular formula is C31H42O5. The Labute approximate surface area is 215 Å². The number of aliphatic hydroxyl groups is 1. The fourth-order valence-corrected chi connectivity index (χ4v) is 7.22. The number of aliphatic hydroxyl groups excluding tert-OH is 1. The molecule has 0 aromatic rings. The molecule has 2 bridgehead atoms. The summed E-state index contributed by atoms with van der Waals surface area (Å²) in [6.45, 7) is 14.6. The van der Waals surface area contributed by atoms with E-state index < -0.39 is 23.5 Å². The zero-order valence-corrected chi connectivity index (χ0v) is 22.6. The molecule has 2 fully saturated rings. The second kappa shape index (κ2) is 9.79. The van der Waals surface area contributed by atoms with E-state index in [1.165, 1.54) is 0 Å². The van der Waals surface area contributed by atoms with Crippen molar-refractivity contribution in [2.24, 2.45) is 28.6 Å². The van der Waals surface area contributed by atoms with Crippen molar-refractivity contribution in [3.63, 3.8) is 0 Å². The minimum atomic E-state index is -0.702. The van der Waals surface area contributed by atoms with Crippen molar-refractivity contribution >= 4 is 17.5 Å². The molecule has 0 amide bonds. The van der Waals surface area contributed by atoms with Gasteiger partial charge in [0.2, 0.25) is 11.6 Å². The normalized spacial score (nSPS) is 33.8.